The van der Waals surface area contributed by atoms with Crippen LogP contribution in [-0.2, 0) is 4.74 Å². The Balaban J connectivity index is 2.22. The number of ether oxygens (including phenoxy) is 1. The van der Waals surface area contributed by atoms with Crippen molar-refractivity contribution in [1.82, 2.24) is 0 Å². The van der Waals surface area contributed by atoms with Gasteiger partial charge in [0.25, 0.3) is 11.8 Å². The number of benzene rings is 1. The van der Waals surface area contributed by atoms with Gasteiger partial charge in [0.05, 0.1) is 18.4 Å². The topological polar surface area (TPSA) is 98.5 Å². The highest BCUT2D eigenvalue weighted by molar-refractivity contribution is 7.12. The molecule has 2 rings (SSSR count). The van der Waals surface area contributed by atoms with Gasteiger partial charge in [-0.1, -0.05) is 6.07 Å². The summed E-state index contributed by atoms with van der Waals surface area (Å²) in [4.78, 5) is 35.0. The van der Waals surface area contributed by atoms with E-state index in [0.717, 1.165) is 11.3 Å². The maximum atomic E-state index is 12.1. The zero-order valence-corrected chi connectivity index (χ0v) is 11.9. The van der Waals surface area contributed by atoms with Crippen molar-refractivity contribution in [3.63, 3.8) is 0 Å². The van der Waals surface area contributed by atoms with Gasteiger partial charge in [-0.2, -0.15) is 0 Å². The number of rotatable bonds is 4. The van der Waals surface area contributed by atoms with Crippen LogP contribution < -0.4 is 11.1 Å². The third-order valence-electron chi connectivity index (χ3n) is 2.68. The number of hydrogen-bond donors (Lipinski definition) is 2. The van der Waals surface area contributed by atoms with Gasteiger partial charge in [0, 0.05) is 5.56 Å². The maximum Gasteiger partial charge on any atom is 0.337 e. The lowest BCUT2D eigenvalue weighted by Crippen LogP contribution is -2.16. The Labute approximate surface area is 124 Å². The highest BCUT2D eigenvalue weighted by Gasteiger charge is 2.15. The van der Waals surface area contributed by atoms with Gasteiger partial charge < -0.3 is 15.8 Å². The van der Waals surface area contributed by atoms with E-state index in [1.165, 1.54) is 13.2 Å². The second kappa shape index (κ2) is 6.19. The molecule has 0 aliphatic rings. The molecule has 0 atom stereocenters. The Bertz CT molecular complexity index is 709. The van der Waals surface area contributed by atoms with Crippen LogP contribution in [0.2, 0.25) is 0 Å². The Morgan fingerprint density at radius 2 is 1.90 bits per heavy atom. The first-order valence-electron chi connectivity index (χ1n) is 5.90. The lowest BCUT2D eigenvalue weighted by atomic mass is 10.1. The Kier molecular flexibility index (Phi) is 4.34. The predicted molar refractivity (Wildman–Crippen MR) is 78.6 cm³/mol. The lowest BCUT2D eigenvalue weighted by molar-refractivity contribution is 0.0600. The number of primary amides is 1. The van der Waals surface area contributed by atoms with Gasteiger partial charge >= 0.3 is 5.97 Å². The average Bonchev–Trinajstić information content (AvgIpc) is 2.94. The van der Waals surface area contributed by atoms with Crippen LogP contribution in [0.1, 0.15) is 30.4 Å². The average molecular weight is 304 g/mol. The number of esters is 1. The molecule has 1 aromatic heterocycles. The Morgan fingerprint density at radius 1 is 1.19 bits per heavy atom. The van der Waals surface area contributed by atoms with Gasteiger partial charge in [-0.15, -0.1) is 11.3 Å². The molecule has 0 spiro atoms. The zero-order chi connectivity index (χ0) is 15.4. The zero-order valence-electron chi connectivity index (χ0n) is 11.1. The summed E-state index contributed by atoms with van der Waals surface area (Å²) in [5, 5.41) is 4.24. The van der Waals surface area contributed by atoms with E-state index in [0.29, 0.717) is 5.69 Å². The molecule has 3 N–H and O–H groups in total. The molecule has 7 heteroatoms. The summed E-state index contributed by atoms with van der Waals surface area (Å²) in [6.45, 7) is 0. The fourth-order valence-electron chi connectivity index (χ4n) is 1.70. The minimum Gasteiger partial charge on any atom is -0.465 e. The standard InChI is InChI=1S/C14H12N2O4S/c1-20-14(19)9-4-2-3-8(7-9)13(18)16-10-5-6-21-11(10)12(15)17/h2-7H,1H3,(H2,15,17)(H,16,18). The first kappa shape index (κ1) is 14.7. The van der Waals surface area contributed by atoms with Gasteiger partial charge in [0.15, 0.2) is 0 Å². The molecule has 0 unspecified atom stereocenters. The van der Waals surface area contributed by atoms with E-state index < -0.39 is 17.8 Å². The van der Waals surface area contributed by atoms with Crippen LogP contribution in [0.5, 0.6) is 0 Å². The molecule has 21 heavy (non-hydrogen) atoms. The van der Waals surface area contributed by atoms with Crippen molar-refractivity contribution in [2.75, 3.05) is 12.4 Å². The van der Waals surface area contributed by atoms with Crippen LogP contribution in [0.25, 0.3) is 0 Å². The van der Waals surface area contributed by atoms with Crippen molar-refractivity contribution in [3.05, 3.63) is 51.7 Å². The normalized spacial score (nSPS) is 9.95. The molecule has 1 aromatic carbocycles. The minimum absolute atomic E-state index is 0.269. The van der Waals surface area contributed by atoms with Crippen molar-refractivity contribution in [2.24, 2.45) is 5.73 Å². The van der Waals surface area contributed by atoms with E-state index in [1.807, 2.05) is 0 Å². The minimum atomic E-state index is -0.608. The number of anilines is 1. The molecule has 1 heterocycles. The summed E-state index contributed by atoms with van der Waals surface area (Å²) in [6, 6.07) is 7.67. The molecular formula is C14H12N2O4S. The third-order valence-corrected chi connectivity index (χ3v) is 3.61. The van der Waals surface area contributed by atoms with E-state index in [1.54, 1.807) is 29.6 Å². The summed E-state index contributed by atoms with van der Waals surface area (Å²) in [5.74, 6) is -1.58. The molecule has 0 saturated heterocycles. The van der Waals surface area contributed by atoms with Gasteiger partial charge in [0.2, 0.25) is 0 Å². The van der Waals surface area contributed by atoms with Crippen LogP contribution in [0.4, 0.5) is 5.69 Å². The molecule has 0 fully saturated rings. The molecule has 0 bridgehead atoms. The molecule has 0 aliphatic carbocycles. The predicted octanol–water partition coefficient (Wildman–Crippen LogP) is 1.89. The second-order valence-electron chi connectivity index (χ2n) is 4.05. The second-order valence-corrected chi connectivity index (χ2v) is 4.97. The lowest BCUT2D eigenvalue weighted by Gasteiger charge is -2.06. The fraction of sp³-hybridized carbons (Fsp3) is 0.0714. The Morgan fingerprint density at radius 3 is 2.57 bits per heavy atom. The Hall–Kier alpha value is -2.67. The van der Waals surface area contributed by atoms with Crippen LogP contribution in [-0.4, -0.2) is 24.9 Å². The van der Waals surface area contributed by atoms with E-state index >= 15 is 0 Å². The summed E-state index contributed by atoms with van der Waals surface area (Å²) in [6.07, 6.45) is 0. The van der Waals surface area contributed by atoms with E-state index in [4.69, 9.17) is 5.73 Å². The maximum absolute atomic E-state index is 12.1. The van der Waals surface area contributed by atoms with Gasteiger partial charge in [-0.05, 0) is 29.6 Å². The SMILES string of the molecule is COC(=O)c1cccc(C(=O)Nc2ccsc2C(N)=O)c1. The van der Waals surface area contributed by atoms with Crippen molar-refractivity contribution in [2.45, 2.75) is 0 Å². The monoisotopic (exact) mass is 304 g/mol. The van der Waals surface area contributed by atoms with Crippen molar-refractivity contribution >= 4 is 34.8 Å². The molecule has 0 radical (unpaired) electrons. The number of carbonyl (C=O) groups is 3. The van der Waals surface area contributed by atoms with E-state index in [9.17, 15) is 14.4 Å². The highest BCUT2D eigenvalue weighted by atomic mass is 32.1. The number of methoxy groups -OCH3 is 1. The molecule has 6 nitrogen and oxygen atoms in total. The molecule has 2 amide bonds. The molecule has 2 aromatic rings. The molecule has 108 valence electrons. The smallest absolute Gasteiger partial charge is 0.337 e. The number of carbonyl (C=O) groups excluding carboxylic acids is 3. The van der Waals surface area contributed by atoms with Crippen molar-refractivity contribution < 1.29 is 19.1 Å². The van der Waals surface area contributed by atoms with E-state index in [2.05, 4.69) is 10.1 Å². The summed E-state index contributed by atoms with van der Waals surface area (Å²) in [7, 11) is 1.26. The van der Waals surface area contributed by atoms with Crippen molar-refractivity contribution in [3.8, 4) is 0 Å². The first-order chi connectivity index (χ1) is 10.0. The van der Waals surface area contributed by atoms with Crippen LogP contribution in [0.3, 0.4) is 0 Å². The largest absolute Gasteiger partial charge is 0.465 e. The summed E-state index contributed by atoms with van der Waals surface area (Å²) >= 11 is 1.14. The van der Waals surface area contributed by atoms with Crippen LogP contribution in [0, 0.1) is 0 Å². The quantitative estimate of drug-likeness (QED) is 0.843. The van der Waals surface area contributed by atoms with Gasteiger partial charge in [0.1, 0.15) is 4.88 Å². The molecular weight excluding hydrogens is 292 g/mol. The number of hydrogen-bond acceptors (Lipinski definition) is 5. The van der Waals surface area contributed by atoms with Crippen LogP contribution >= 0.6 is 11.3 Å². The number of nitrogens with one attached hydrogen (secondary N) is 1. The number of nitrogens with two attached hydrogens (primary N) is 1. The van der Waals surface area contributed by atoms with Gasteiger partial charge in [-0.3, -0.25) is 9.59 Å². The van der Waals surface area contributed by atoms with Gasteiger partial charge in [-0.25, -0.2) is 4.79 Å². The number of amides is 2. The molecule has 0 saturated carbocycles. The summed E-state index contributed by atoms with van der Waals surface area (Å²) in [5.41, 5.74) is 6.11. The first-order valence-corrected chi connectivity index (χ1v) is 6.78. The van der Waals surface area contributed by atoms with Crippen molar-refractivity contribution in [1.29, 1.82) is 0 Å². The fourth-order valence-corrected chi connectivity index (χ4v) is 2.40. The molecule has 0 aliphatic heterocycles. The third kappa shape index (κ3) is 3.26. The van der Waals surface area contributed by atoms with E-state index in [-0.39, 0.29) is 16.0 Å². The highest BCUT2D eigenvalue weighted by Crippen LogP contribution is 2.22. The summed E-state index contributed by atoms with van der Waals surface area (Å²) < 4.78 is 4.60. The van der Waals surface area contributed by atoms with Crippen LogP contribution in [0.15, 0.2) is 35.7 Å². The number of thiophene rings is 1.